The topological polar surface area (TPSA) is 171 Å². The van der Waals surface area contributed by atoms with Crippen molar-refractivity contribution in [1.82, 2.24) is 0 Å². The van der Waals surface area contributed by atoms with Crippen LogP contribution in [0.25, 0.3) is 5.90 Å². The first kappa shape index (κ1) is 34.3. The number of esters is 2. The Morgan fingerprint density at radius 3 is 1.31 bits per heavy atom. The van der Waals surface area contributed by atoms with Crippen molar-refractivity contribution in [2.45, 2.75) is 52.4 Å². The van der Waals surface area contributed by atoms with Crippen molar-refractivity contribution < 1.29 is 73.6 Å². The van der Waals surface area contributed by atoms with Crippen LogP contribution in [0.4, 0.5) is 0 Å². The standard InChI is InChI=1S/C16H20O4.C12H12O4.H2NO.Na/c1-4-19-14(17)16(15(18)20-5-2)10-13(16)12-8-6-11(3)7-9-12;1-7-2-4-8(5-3-7)9-6-12(9,10(13)14)11(15)16;1-2;/h6-9,13H,4-5,10H2,1-3H3;2-5,9H,6H2,1H3,(H,13,14)(H,15,16);1-2H;/q;;-1;+1. The summed E-state index contributed by atoms with van der Waals surface area (Å²) in [7, 11) is 0. The molecule has 2 aliphatic carbocycles. The molecule has 39 heavy (non-hydrogen) atoms. The summed E-state index contributed by atoms with van der Waals surface area (Å²) in [5.41, 5.74) is 1.25. The van der Waals surface area contributed by atoms with Gasteiger partial charge < -0.3 is 30.8 Å². The van der Waals surface area contributed by atoms with E-state index >= 15 is 0 Å². The Balaban J connectivity index is 0.000000365. The number of hydrogen-bond acceptors (Lipinski definition) is 7. The summed E-state index contributed by atoms with van der Waals surface area (Å²) in [5.74, 6) is 0.786. The fourth-order valence-electron chi connectivity index (χ4n) is 4.55. The fourth-order valence-corrected chi connectivity index (χ4v) is 4.55. The van der Waals surface area contributed by atoms with Crippen molar-refractivity contribution in [1.29, 1.82) is 0 Å². The maximum absolute atomic E-state index is 12.2. The van der Waals surface area contributed by atoms with Crippen molar-refractivity contribution in [3.05, 3.63) is 76.7 Å². The van der Waals surface area contributed by atoms with Crippen LogP contribution in [0.3, 0.4) is 0 Å². The first-order chi connectivity index (χ1) is 18.0. The second kappa shape index (κ2) is 14.6. The van der Waals surface area contributed by atoms with Crippen molar-refractivity contribution in [2.75, 3.05) is 13.2 Å². The number of carbonyl (C=O) groups is 4. The van der Waals surface area contributed by atoms with Crippen LogP contribution in [0.15, 0.2) is 48.5 Å². The molecule has 2 aliphatic rings. The zero-order chi connectivity index (χ0) is 28.7. The zero-order valence-corrected chi connectivity index (χ0v) is 24.9. The summed E-state index contributed by atoms with van der Waals surface area (Å²) >= 11 is 0. The summed E-state index contributed by atoms with van der Waals surface area (Å²) in [5, 5.41) is 24.2. The van der Waals surface area contributed by atoms with Crippen LogP contribution in [0, 0.1) is 24.7 Å². The molecule has 0 spiro atoms. The SMILES string of the molecule is CCOC(=O)C1(C(=O)OCC)CC1c1ccc(C)cc1.Cc1ccc(C2CC2(C(=O)O)C(=O)O)cc1.[NH-]O.[Na+]. The van der Waals surface area contributed by atoms with Gasteiger partial charge in [0.1, 0.15) is 0 Å². The molecule has 0 amide bonds. The molecule has 0 bridgehead atoms. The molecule has 11 heteroatoms. The van der Waals surface area contributed by atoms with Gasteiger partial charge >= 0.3 is 53.4 Å². The molecule has 0 radical (unpaired) electrons. The second-order valence-corrected chi connectivity index (χ2v) is 9.33. The fraction of sp³-hybridized carbons (Fsp3) is 0.429. The van der Waals surface area contributed by atoms with E-state index in [4.69, 9.17) is 30.8 Å². The van der Waals surface area contributed by atoms with Crippen LogP contribution in [-0.2, 0) is 28.7 Å². The minimum Gasteiger partial charge on any atom is -0.553 e. The van der Waals surface area contributed by atoms with Gasteiger partial charge in [-0.15, -0.1) is 0 Å². The van der Waals surface area contributed by atoms with E-state index in [0.717, 1.165) is 22.3 Å². The van der Waals surface area contributed by atoms with Crippen LogP contribution < -0.4 is 29.6 Å². The van der Waals surface area contributed by atoms with Gasteiger partial charge in [-0.25, -0.2) is 0 Å². The number of nitrogens with one attached hydrogen (secondary N) is 1. The molecule has 4 rings (SSSR count). The predicted octanol–water partition coefficient (Wildman–Crippen LogP) is 1.66. The van der Waals surface area contributed by atoms with E-state index in [1.165, 1.54) is 0 Å². The minimum atomic E-state index is -1.60. The Kier molecular flexibility index (Phi) is 12.8. The van der Waals surface area contributed by atoms with Gasteiger partial charge in [0.15, 0.2) is 10.8 Å². The molecule has 0 saturated heterocycles. The average Bonchev–Trinajstić information content (AvgIpc) is 3.80. The number of aliphatic carboxylic acids is 2. The number of rotatable bonds is 8. The smallest absolute Gasteiger partial charge is 0.553 e. The zero-order valence-electron chi connectivity index (χ0n) is 22.9. The third-order valence-corrected chi connectivity index (χ3v) is 6.92. The van der Waals surface area contributed by atoms with E-state index in [2.05, 4.69) is 0 Å². The molecule has 2 aromatic rings. The second-order valence-electron chi connectivity index (χ2n) is 9.33. The van der Waals surface area contributed by atoms with E-state index in [1.54, 1.807) is 26.0 Å². The van der Waals surface area contributed by atoms with E-state index < -0.39 is 40.6 Å². The predicted molar refractivity (Wildman–Crippen MR) is 137 cm³/mol. The largest absolute Gasteiger partial charge is 1.00 e. The van der Waals surface area contributed by atoms with Crippen LogP contribution in [-0.4, -0.2) is 52.5 Å². The molecule has 10 nitrogen and oxygen atoms in total. The molecule has 2 unspecified atom stereocenters. The Hall–Kier alpha value is -2.76. The van der Waals surface area contributed by atoms with Gasteiger partial charge in [-0.2, -0.15) is 0 Å². The number of hydrogen-bond donors (Lipinski definition) is 3. The molecule has 2 aromatic carbocycles. The molecule has 0 aliphatic heterocycles. The maximum Gasteiger partial charge on any atom is 1.00 e. The Morgan fingerprint density at radius 2 is 1.03 bits per heavy atom. The van der Waals surface area contributed by atoms with Gasteiger partial charge in [-0.1, -0.05) is 59.7 Å². The average molecular weight is 552 g/mol. The molecular formula is C28H34NNaO9. The Morgan fingerprint density at radius 1 is 0.718 bits per heavy atom. The summed E-state index contributed by atoms with van der Waals surface area (Å²) < 4.78 is 10.1. The Bertz CT molecular complexity index is 1120. The van der Waals surface area contributed by atoms with Crippen molar-refractivity contribution >= 4 is 23.9 Å². The van der Waals surface area contributed by atoms with Gasteiger partial charge in [-0.05, 0) is 51.7 Å². The quantitative estimate of drug-likeness (QED) is 0.191. The number of carboxylic acid groups (broad SMARTS) is 2. The molecule has 2 fully saturated rings. The van der Waals surface area contributed by atoms with Crippen LogP contribution in [0.5, 0.6) is 0 Å². The number of ether oxygens (including phenoxy) is 2. The summed E-state index contributed by atoms with van der Waals surface area (Å²) in [6.07, 6.45) is 0.647. The molecule has 0 heterocycles. The monoisotopic (exact) mass is 551 g/mol. The molecule has 2 atom stereocenters. The van der Waals surface area contributed by atoms with E-state index in [9.17, 15) is 19.2 Å². The summed E-state index contributed by atoms with van der Waals surface area (Å²) in [6, 6.07) is 15.2. The number of carboxylic acids is 2. The number of aryl methyl sites for hydroxylation is 2. The third-order valence-electron chi connectivity index (χ3n) is 6.92. The third kappa shape index (κ3) is 7.26. The first-order valence-electron chi connectivity index (χ1n) is 12.2. The van der Waals surface area contributed by atoms with Crippen molar-refractivity contribution in [2.24, 2.45) is 10.8 Å². The maximum atomic E-state index is 12.2. The van der Waals surface area contributed by atoms with Crippen molar-refractivity contribution in [3.63, 3.8) is 0 Å². The van der Waals surface area contributed by atoms with Crippen LogP contribution >= 0.6 is 0 Å². The normalized spacial score (nSPS) is 18.8. The van der Waals surface area contributed by atoms with Gasteiger partial charge in [0.25, 0.3) is 0 Å². The van der Waals surface area contributed by atoms with Crippen molar-refractivity contribution in [3.8, 4) is 0 Å². The number of benzene rings is 2. The summed E-state index contributed by atoms with van der Waals surface area (Å²) in [4.78, 5) is 46.3. The van der Waals surface area contributed by atoms with E-state index in [1.807, 2.05) is 50.2 Å². The Labute approximate surface area is 249 Å². The number of carbonyl (C=O) groups excluding carboxylic acids is 2. The van der Waals surface area contributed by atoms with Gasteiger partial charge in [0, 0.05) is 11.8 Å². The molecule has 0 aromatic heterocycles. The molecule has 2 saturated carbocycles. The molecular weight excluding hydrogens is 517 g/mol. The summed E-state index contributed by atoms with van der Waals surface area (Å²) in [6.45, 7) is 7.93. The van der Waals surface area contributed by atoms with E-state index in [0.29, 0.717) is 6.42 Å². The van der Waals surface area contributed by atoms with Crippen LogP contribution in [0.2, 0.25) is 0 Å². The minimum absolute atomic E-state index is 0. The molecule has 4 N–H and O–H groups in total. The van der Waals surface area contributed by atoms with Crippen LogP contribution in [0.1, 0.15) is 60.8 Å². The van der Waals surface area contributed by atoms with E-state index in [-0.39, 0.29) is 55.1 Å². The van der Waals surface area contributed by atoms with Gasteiger partial charge in [0.2, 0.25) is 0 Å². The van der Waals surface area contributed by atoms with Gasteiger partial charge in [0.05, 0.1) is 13.2 Å². The van der Waals surface area contributed by atoms with Gasteiger partial charge in [-0.3, -0.25) is 19.2 Å². The molecule has 206 valence electrons. The first-order valence-corrected chi connectivity index (χ1v) is 12.2.